The number of hydrogen-bond acceptors (Lipinski definition) is 0. The summed E-state index contributed by atoms with van der Waals surface area (Å²) < 4.78 is 4.92. The molecular formula is C46H30N2. The molecule has 0 bridgehead atoms. The average Bonchev–Trinajstić information content (AvgIpc) is 3.71. The molecule has 0 amide bonds. The topological polar surface area (TPSA) is 9.86 Å². The normalized spacial score (nSPS) is 11.8. The van der Waals surface area contributed by atoms with Crippen LogP contribution in [-0.2, 0) is 0 Å². The van der Waals surface area contributed by atoms with Gasteiger partial charge in [0.15, 0.2) is 0 Å². The third-order valence-corrected chi connectivity index (χ3v) is 9.82. The Labute approximate surface area is 278 Å². The minimum Gasteiger partial charge on any atom is -0.307 e. The molecule has 10 rings (SSSR count). The maximum Gasteiger partial charge on any atom is 0.0788 e. The molecule has 0 N–H and O–H groups in total. The van der Waals surface area contributed by atoms with Crippen LogP contribution < -0.4 is 0 Å². The fourth-order valence-electron chi connectivity index (χ4n) is 7.62. The molecule has 2 heterocycles. The summed E-state index contributed by atoms with van der Waals surface area (Å²) in [6.07, 6.45) is 0. The van der Waals surface area contributed by atoms with Gasteiger partial charge in [0.2, 0.25) is 0 Å². The highest BCUT2D eigenvalue weighted by Gasteiger charge is 2.21. The first-order valence-electron chi connectivity index (χ1n) is 16.5. The monoisotopic (exact) mass is 610 g/mol. The van der Waals surface area contributed by atoms with E-state index in [9.17, 15) is 0 Å². The highest BCUT2D eigenvalue weighted by Crippen LogP contribution is 2.41. The summed E-state index contributed by atoms with van der Waals surface area (Å²) in [4.78, 5) is 0. The SMILES string of the molecule is c1ccc(-c2cc3ccc4c5ccccc5n(-c5cccc(-c6ccc7cc8ccccc8cc7c6)c5)c4c3n2-c2ccccc2)cc1. The zero-order valence-corrected chi connectivity index (χ0v) is 26.2. The van der Waals surface area contributed by atoms with E-state index in [0.29, 0.717) is 0 Å². The van der Waals surface area contributed by atoms with Gasteiger partial charge in [0.25, 0.3) is 0 Å². The van der Waals surface area contributed by atoms with Gasteiger partial charge in [0.1, 0.15) is 0 Å². The minimum atomic E-state index is 1.15. The van der Waals surface area contributed by atoms with Crippen LogP contribution >= 0.6 is 0 Å². The van der Waals surface area contributed by atoms with E-state index < -0.39 is 0 Å². The summed E-state index contributed by atoms with van der Waals surface area (Å²) in [5.74, 6) is 0. The van der Waals surface area contributed by atoms with E-state index in [1.165, 1.54) is 76.6 Å². The molecule has 0 atom stereocenters. The van der Waals surface area contributed by atoms with Crippen molar-refractivity contribution in [3.8, 4) is 33.8 Å². The van der Waals surface area contributed by atoms with Crippen molar-refractivity contribution in [2.75, 3.05) is 0 Å². The first-order valence-corrected chi connectivity index (χ1v) is 16.5. The van der Waals surface area contributed by atoms with Gasteiger partial charge < -0.3 is 9.13 Å². The lowest BCUT2D eigenvalue weighted by atomic mass is 9.98. The smallest absolute Gasteiger partial charge is 0.0788 e. The van der Waals surface area contributed by atoms with Crippen molar-refractivity contribution in [2.24, 2.45) is 0 Å². The average molecular weight is 611 g/mol. The van der Waals surface area contributed by atoms with Crippen molar-refractivity contribution < 1.29 is 0 Å². The van der Waals surface area contributed by atoms with Crippen molar-refractivity contribution in [1.29, 1.82) is 0 Å². The van der Waals surface area contributed by atoms with Gasteiger partial charge in [-0.15, -0.1) is 0 Å². The van der Waals surface area contributed by atoms with Crippen LogP contribution in [-0.4, -0.2) is 9.13 Å². The van der Waals surface area contributed by atoms with Gasteiger partial charge in [0, 0.05) is 27.5 Å². The van der Waals surface area contributed by atoms with Crippen molar-refractivity contribution in [1.82, 2.24) is 9.13 Å². The van der Waals surface area contributed by atoms with E-state index in [1.807, 2.05) is 0 Å². The van der Waals surface area contributed by atoms with Crippen molar-refractivity contribution in [3.05, 3.63) is 182 Å². The van der Waals surface area contributed by atoms with E-state index in [1.54, 1.807) is 0 Å². The molecule has 0 saturated carbocycles. The first kappa shape index (κ1) is 26.8. The van der Waals surface area contributed by atoms with Crippen molar-refractivity contribution in [2.45, 2.75) is 0 Å². The van der Waals surface area contributed by atoms with Crippen LogP contribution in [0.2, 0.25) is 0 Å². The number of aromatic nitrogens is 2. The molecule has 0 aliphatic carbocycles. The zero-order chi connectivity index (χ0) is 31.6. The number of rotatable bonds is 4. The Morgan fingerprint density at radius 1 is 0.292 bits per heavy atom. The van der Waals surface area contributed by atoms with Gasteiger partial charge in [0.05, 0.1) is 22.2 Å². The fraction of sp³-hybridized carbons (Fsp3) is 0. The Hall–Kier alpha value is -6.38. The lowest BCUT2D eigenvalue weighted by molar-refractivity contribution is 1.12. The largest absolute Gasteiger partial charge is 0.307 e. The number of nitrogens with zero attached hydrogens (tertiary/aromatic N) is 2. The van der Waals surface area contributed by atoms with Gasteiger partial charge in [-0.05, 0) is 92.8 Å². The number of para-hydroxylation sites is 2. The lowest BCUT2D eigenvalue weighted by Gasteiger charge is -2.15. The Morgan fingerprint density at radius 3 is 1.75 bits per heavy atom. The second kappa shape index (κ2) is 10.6. The van der Waals surface area contributed by atoms with Gasteiger partial charge in [-0.3, -0.25) is 0 Å². The predicted octanol–water partition coefficient (Wildman–Crippen LogP) is 12.4. The summed E-state index contributed by atoms with van der Waals surface area (Å²) >= 11 is 0. The Kier molecular flexibility index (Phi) is 5.91. The summed E-state index contributed by atoms with van der Waals surface area (Å²) in [5.41, 5.74) is 10.7. The molecule has 2 heteroatoms. The second-order valence-electron chi connectivity index (χ2n) is 12.6. The summed E-state index contributed by atoms with van der Waals surface area (Å²) in [5, 5.41) is 8.76. The summed E-state index contributed by atoms with van der Waals surface area (Å²) in [6, 6.07) is 66.3. The molecule has 0 aliphatic heterocycles. The van der Waals surface area contributed by atoms with E-state index in [2.05, 4.69) is 191 Å². The third kappa shape index (κ3) is 4.13. The maximum atomic E-state index is 2.47. The predicted molar refractivity (Wildman–Crippen MR) is 203 cm³/mol. The van der Waals surface area contributed by atoms with Gasteiger partial charge in [-0.25, -0.2) is 0 Å². The molecule has 2 nitrogen and oxygen atoms in total. The first-order chi connectivity index (χ1) is 23.8. The molecule has 10 aromatic rings. The maximum absolute atomic E-state index is 2.47. The molecule has 0 aliphatic rings. The zero-order valence-electron chi connectivity index (χ0n) is 26.2. The second-order valence-corrected chi connectivity index (χ2v) is 12.6. The van der Waals surface area contributed by atoms with Crippen LogP contribution in [0.5, 0.6) is 0 Å². The molecule has 224 valence electrons. The number of benzene rings is 8. The van der Waals surface area contributed by atoms with Gasteiger partial charge >= 0.3 is 0 Å². The summed E-state index contributed by atoms with van der Waals surface area (Å²) in [6.45, 7) is 0. The molecule has 0 unspecified atom stereocenters. The Morgan fingerprint density at radius 2 is 0.917 bits per heavy atom. The fourth-order valence-corrected chi connectivity index (χ4v) is 7.62. The third-order valence-electron chi connectivity index (χ3n) is 9.82. The standard InChI is InChI=1S/C46H30N2/c1-3-12-31(13-4-1)44-30-37-24-25-42-41-20-9-10-21-43(41)48(46(42)45(37)47(44)39-17-5-2-6-18-39)40-19-11-16-34(29-40)35-22-23-36-26-32-14-7-8-15-33(32)27-38(36)28-35/h1-30H. The van der Waals surface area contributed by atoms with Crippen LogP contribution in [0.15, 0.2) is 182 Å². The van der Waals surface area contributed by atoms with E-state index in [0.717, 1.165) is 11.4 Å². The van der Waals surface area contributed by atoms with Crippen LogP contribution in [0.1, 0.15) is 0 Å². The van der Waals surface area contributed by atoms with Gasteiger partial charge in [-0.1, -0.05) is 127 Å². The van der Waals surface area contributed by atoms with Crippen LogP contribution in [0.25, 0.3) is 88.0 Å². The Bertz CT molecular complexity index is 2820. The molecule has 0 fully saturated rings. The minimum absolute atomic E-state index is 1.15. The quantitative estimate of drug-likeness (QED) is 0.175. The van der Waals surface area contributed by atoms with Crippen LogP contribution in [0.3, 0.4) is 0 Å². The van der Waals surface area contributed by atoms with Crippen molar-refractivity contribution >= 4 is 54.3 Å². The molecule has 2 aromatic heterocycles. The van der Waals surface area contributed by atoms with E-state index in [4.69, 9.17) is 0 Å². The van der Waals surface area contributed by atoms with Gasteiger partial charge in [-0.2, -0.15) is 0 Å². The summed E-state index contributed by atoms with van der Waals surface area (Å²) in [7, 11) is 0. The number of fused-ring (bicyclic) bond motifs is 7. The van der Waals surface area contributed by atoms with Crippen LogP contribution in [0, 0.1) is 0 Å². The lowest BCUT2D eigenvalue weighted by Crippen LogP contribution is -2.00. The van der Waals surface area contributed by atoms with Crippen molar-refractivity contribution in [3.63, 3.8) is 0 Å². The molecule has 48 heavy (non-hydrogen) atoms. The molecular weight excluding hydrogens is 581 g/mol. The van der Waals surface area contributed by atoms with Crippen LogP contribution in [0.4, 0.5) is 0 Å². The molecule has 0 saturated heterocycles. The number of hydrogen-bond donors (Lipinski definition) is 0. The highest BCUT2D eigenvalue weighted by atomic mass is 15.0. The highest BCUT2D eigenvalue weighted by molar-refractivity contribution is 6.19. The molecule has 0 radical (unpaired) electrons. The molecule has 0 spiro atoms. The molecule has 8 aromatic carbocycles. The Balaban J connectivity index is 1.26. The van der Waals surface area contributed by atoms with E-state index in [-0.39, 0.29) is 0 Å². The van der Waals surface area contributed by atoms with E-state index >= 15 is 0 Å².